The molecule has 1 heterocycles. The lowest BCUT2D eigenvalue weighted by Crippen LogP contribution is -2.25. The second-order valence-electron chi connectivity index (χ2n) is 6.67. The Bertz CT molecular complexity index is 419. The Labute approximate surface area is 129 Å². The van der Waals surface area contributed by atoms with Crippen LogP contribution in [0.2, 0.25) is 0 Å². The molecule has 0 radical (unpaired) electrons. The van der Waals surface area contributed by atoms with E-state index in [0.29, 0.717) is 12.0 Å². The first-order valence-corrected chi connectivity index (χ1v) is 8.50. The first-order chi connectivity index (χ1) is 10.2. The summed E-state index contributed by atoms with van der Waals surface area (Å²) in [7, 11) is 0. The molecule has 1 aliphatic carbocycles. The topological polar surface area (TPSA) is 34.1 Å². The lowest BCUT2D eigenvalue weighted by Gasteiger charge is -2.28. The molecule has 0 aromatic carbocycles. The zero-order valence-electron chi connectivity index (χ0n) is 13.8. The molecule has 1 N–H and O–H groups in total. The fourth-order valence-corrected chi connectivity index (χ4v) is 3.00. The second-order valence-corrected chi connectivity index (χ2v) is 6.67. The Balaban J connectivity index is 1.85. The van der Waals surface area contributed by atoms with E-state index in [1.807, 2.05) is 6.07 Å². The first kappa shape index (κ1) is 16.3. The summed E-state index contributed by atoms with van der Waals surface area (Å²) in [5.41, 5.74) is 1.07. The summed E-state index contributed by atoms with van der Waals surface area (Å²) >= 11 is 0. The SMILES string of the molecule is CCC1CCCC(Oc2cccc(CNCC(C)C)n2)C1. The van der Waals surface area contributed by atoms with E-state index >= 15 is 0 Å². The van der Waals surface area contributed by atoms with E-state index < -0.39 is 0 Å². The van der Waals surface area contributed by atoms with Crippen molar-refractivity contribution >= 4 is 0 Å². The van der Waals surface area contributed by atoms with Gasteiger partial charge in [-0.05, 0) is 43.7 Å². The highest BCUT2D eigenvalue weighted by Gasteiger charge is 2.22. The molecule has 0 aliphatic heterocycles. The highest BCUT2D eigenvalue weighted by Crippen LogP contribution is 2.29. The number of ether oxygens (including phenoxy) is 1. The number of pyridine rings is 1. The summed E-state index contributed by atoms with van der Waals surface area (Å²) in [6.07, 6.45) is 6.64. The standard InChI is InChI=1S/C18H30N2O/c1-4-15-7-5-9-17(11-15)21-18-10-6-8-16(20-18)13-19-12-14(2)3/h6,8,10,14-15,17,19H,4-5,7,9,11-13H2,1-3H3. The van der Waals surface area contributed by atoms with Crippen LogP contribution in [-0.4, -0.2) is 17.6 Å². The predicted molar refractivity (Wildman–Crippen MR) is 87.4 cm³/mol. The van der Waals surface area contributed by atoms with Crippen molar-refractivity contribution in [3.8, 4) is 5.88 Å². The van der Waals surface area contributed by atoms with Crippen molar-refractivity contribution in [2.75, 3.05) is 6.54 Å². The molecule has 0 spiro atoms. The Hall–Kier alpha value is -1.09. The summed E-state index contributed by atoms with van der Waals surface area (Å²) in [5.74, 6) is 2.29. The fraction of sp³-hybridized carbons (Fsp3) is 0.722. The van der Waals surface area contributed by atoms with Gasteiger partial charge in [-0.3, -0.25) is 0 Å². The highest BCUT2D eigenvalue weighted by atomic mass is 16.5. The van der Waals surface area contributed by atoms with Gasteiger partial charge in [0.1, 0.15) is 6.10 Å². The number of nitrogens with zero attached hydrogens (tertiary/aromatic N) is 1. The van der Waals surface area contributed by atoms with Crippen molar-refractivity contribution in [1.29, 1.82) is 0 Å². The Morgan fingerprint density at radius 1 is 1.33 bits per heavy atom. The maximum absolute atomic E-state index is 6.12. The fourth-order valence-electron chi connectivity index (χ4n) is 3.00. The van der Waals surface area contributed by atoms with Gasteiger partial charge in [0.25, 0.3) is 0 Å². The van der Waals surface area contributed by atoms with Gasteiger partial charge in [-0.1, -0.05) is 39.7 Å². The van der Waals surface area contributed by atoms with E-state index in [0.717, 1.165) is 30.6 Å². The molecule has 0 amide bonds. The molecule has 0 bridgehead atoms. The quantitative estimate of drug-likeness (QED) is 0.818. The Morgan fingerprint density at radius 2 is 2.19 bits per heavy atom. The molecule has 21 heavy (non-hydrogen) atoms. The molecule has 2 rings (SSSR count). The van der Waals surface area contributed by atoms with Crippen LogP contribution >= 0.6 is 0 Å². The van der Waals surface area contributed by atoms with Crippen LogP contribution in [0, 0.1) is 11.8 Å². The second kappa shape index (κ2) is 8.38. The average Bonchev–Trinajstić information content (AvgIpc) is 2.47. The van der Waals surface area contributed by atoms with Crippen LogP contribution in [0.3, 0.4) is 0 Å². The van der Waals surface area contributed by atoms with Gasteiger partial charge in [0.15, 0.2) is 0 Å². The largest absolute Gasteiger partial charge is 0.474 e. The van der Waals surface area contributed by atoms with E-state index in [9.17, 15) is 0 Å². The third kappa shape index (κ3) is 5.66. The predicted octanol–water partition coefficient (Wildman–Crippen LogP) is 4.17. The number of nitrogens with one attached hydrogen (secondary N) is 1. The Kier molecular flexibility index (Phi) is 6.50. The van der Waals surface area contributed by atoms with Crippen molar-refractivity contribution in [3.63, 3.8) is 0 Å². The van der Waals surface area contributed by atoms with Crippen LogP contribution in [0.15, 0.2) is 18.2 Å². The summed E-state index contributed by atoms with van der Waals surface area (Å²) < 4.78 is 6.12. The minimum Gasteiger partial charge on any atom is -0.474 e. The smallest absolute Gasteiger partial charge is 0.213 e. The number of aromatic nitrogens is 1. The lowest BCUT2D eigenvalue weighted by molar-refractivity contribution is 0.117. The van der Waals surface area contributed by atoms with Crippen LogP contribution in [0.5, 0.6) is 5.88 Å². The van der Waals surface area contributed by atoms with Crippen LogP contribution < -0.4 is 10.1 Å². The molecule has 3 nitrogen and oxygen atoms in total. The minimum absolute atomic E-state index is 0.357. The van der Waals surface area contributed by atoms with Crippen LogP contribution in [0.25, 0.3) is 0 Å². The molecule has 2 unspecified atom stereocenters. The van der Waals surface area contributed by atoms with E-state index in [1.165, 1.54) is 32.1 Å². The van der Waals surface area contributed by atoms with Gasteiger partial charge in [-0.25, -0.2) is 4.98 Å². The van der Waals surface area contributed by atoms with Gasteiger partial charge in [0, 0.05) is 12.6 Å². The first-order valence-electron chi connectivity index (χ1n) is 8.50. The van der Waals surface area contributed by atoms with Gasteiger partial charge < -0.3 is 10.1 Å². The molecule has 1 aromatic heterocycles. The molecular formula is C18H30N2O. The molecule has 1 fully saturated rings. The molecule has 0 saturated heterocycles. The molecule has 1 aromatic rings. The number of hydrogen-bond acceptors (Lipinski definition) is 3. The van der Waals surface area contributed by atoms with Crippen molar-refractivity contribution in [3.05, 3.63) is 23.9 Å². The summed E-state index contributed by atoms with van der Waals surface area (Å²) in [6.45, 7) is 8.55. The van der Waals surface area contributed by atoms with Gasteiger partial charge in [0.05, 0.1) is 5.69 Å². The van der Waals surface area contributed by atoms with Gasteiger partial charge >= 0.3 is 0 Å². The van der Waals surface area contributed by atoms with Crippen LogP contribution in [0.1, 0.15) is 58.6 Å². The van der Waals surface area contributed by atoms with Gasteiger partial charge in [-0.15, -0.1) is 0 Å². The van der Waals surface area contributed by atoms with Gasteiger partial charge in [0.2, 0.25) is 5.88 Å². The van der Waals surface area contributed by atoms with E-state index in [2.05, 4.69) is 43.2 Å². The zero-order chi connectivity index (χ0) is 15.1. The maximum Gasteiger partial charge on any atom is 0.213 e. The molecule has 1 aliphatic rings. The van der Waals surface area contributed by atoms with Crippen molar-refractivity contribution < 1.29 is 4.74 Å². The monoisotopic (exact) mass is 290 g/mol. The summed E-state index contributed by atoms with van der Waals surface area (Å²) in [4.78, 5) is 4.63. The van der Waals surface area contributed by atoms with E-state index in [1.54, 1.807) is 0 Å². The molecular weight excluding hydrogens is 260 g/mol. The number of hydrogen-bond donors (Lipinski definition) is 1. The van der Waals surface area contributed by atoms with E-state index in [4.69, 9.17) is 4.74 Å². The van der Waals surface area contributed by atoms with Crippen molar-refractivity contribution in [1.82, 2.24) is 10.3 Å². The van der Waals surface area contributed by atoms with Crippen LogP contribution in [-0.2, 0) is 6.54 Å². The van der Waals surface area contributed by atoms with Crippen LogP contribution in [0.4, 0.5) is 0 Å². The van der Waals surface area contributed by atoms with Gasteiger partial charge in [-0.2, -0.15) is 0 Å². The van der Waals surface area contributed by atoms with E-state index in [-0.39, 0.29) is 0 Å². The lowest BCUT2D eigenvalue weighted by atomic mass is 9.85. The van der Waals surface area contributed by atoms with Crippen molar-refractivity contribution in [2.45, 2.75) is 65.5 Å². The maximum atomic E-state index is 6.12. The molecule has 2 atom stereocenters. The summed E-state index contributed by atoms with van der Waals surface area (Å²) in [5, 5.41) is 3.43. The summed E-state index contributed by atoms with van der Waals surface area (Å²) in [6, 6.07) is 6.10. The normalized spacial score (nSPS) is 22.5. The molecule has 118 valence electrons. The zero-order valence-corrected chi connectivity index (χ0v) is 13.8. The average molecular weight is 290 g/mol. The Morgan fingerprint density at radius 3 is 2.95 bits per heavy atom. The third-order valence-corrected chi connectivity index (χ3v) is 4.24. The third-order valence-electron chi connectivity index (χ3n) is 4.24. The minimum atomic E-state index is 0.357. The molecule has 3 heteroatoms. The number of rotatable bonds is 7. The van der Waals surface area contributed by atoms with Crippen molar-refractivity contribution in [2.24, 2.45) is 11.8 Å². The molecule has 1 saturated carbocycles. The highest BCUT2D eigenvalue weighted by molar-refractivity contribution is 5.16.